The predicted octanol–water partition coefficient (Wildman–Crippen LogP) is 3.89. The number of pyridine rings is 1. The van der Waals surface area contributed by atoms with Gasteiger partial charge >= 0.3 is 0 Å². The molecule has 1 aliphatic rings. The molecule has 1 atom stereocenters. The maximum atomic E-state index is 5.91. The highest BCUT2D eigenvalue weighted by Crippen LogP contribution is 2.20. The topological polar surface area (TPSA) is 56.1 Å². The summed E-state index contributed by atoms with van der Waals surface area (Å²) in [5, 5.41) is 8.59. The van der Waals surface area contributed by atoms with Crippen LogP contribution in [0.5, 0.6) is 5.75 Å². The second-order valence-electron chi connectivity index (χ2n) is 7.70. The molecule has 0 amide bonds. The summed E-state index contributed by atoms with van der Waals surface area (Å²) in [6, 6.07) is 2.50. The molecule has 1 saturated heterocycles. The standard InChI is InChI=1S/C21H33N5O/c1-4-17(5-2)8-6-7-9-18-15-26(24-23-18)20-12-21(14-22-13-20)27-16-19-10-11-25(19)3/h12-15,17,19H,4-11,16H2,1-3H3. The van der Waals surface area contributed by atoms with Gasteiger partial charge in [-0.3, -0.25) is 9.88 Å². The number of ether oxygens (including phenoxy) is 1. The Kier molecular flexibility index (Phi) is 7.21. The Bertz CT molecular complexity index is 697. The van der Waals surface area contributed by atoms with Crippen molar-refractivity contribution in [1.29, 1.82) is 0 Å². The van der Waals surface area contributed by atoms with Gasteiger partial charge in [-0.15, -0.1) is 5.10 Å². The van der Waals surface area contributed by atoms with E-state index in [1.807, 2.05) is 12.3 Å². The number of rotatable bonds is 11. The van der Waals surface area contributed by atoms with E-state index < -0.39 is 0 Å². The molecule has 6 heteroatoms. The monoisotopic (exact) mass is 371 g/mol. The van der Waals surface area contributed by atoms with Crippen molar-refractivity contribution in [3.63, 3.8) is 0 Å². The van der Waals surface area contributed by atoms with Gasteiger partial charge in [-0.1, -0.05) is 44.7 Å². The fraction of sp³-hybridized carbons (Fsp3) is 0.667. The number of hydrogen-bond donors (Lipinski definition) is 0. The summed E-state index contributed by atoms with van der Waals surface area (Å²) >= 11 is 0. The van der Waals surface area contributed by atoms with Crippen LogP contribution in [0.2, 0.25) is 0 Å². The highest BCUT2D eigenvalue weighted by molar-refractivity contribution is 5.34. The fourth-order valence-electron chi connectivity index (χ4n) is 3.56. The quantitative estimate of drug-likeness (QED) is 0.561. The van der Waals surface area contributed by atoms with Gasteiger partial charge in [-0.25, -0.2) is 4.68 Å². The highest BCUT2D eigenvalue weighted by atomic mass is 16.5. The van der Waals surface area contributed by atoms with Gasteiger partial charge in [-0.05, 0) is 38.8 Å². The van der Waals surface area contributed by atoms with Crippen molar-refractivity contribution in [1.82, 2.24) is 24.9 Å². The summed E-state index contributed by atoms with van der Waals surface area (Å²) < 4.78 is 7.70. The first-order valence-electron chi connectivity index (χ1n) is 10.4. The Morgan fingerprint density at radius 2 is 2.07 bits per heavy atom. The lowest BCUT2D eigenvalue weighted by Crippen LogP contribution is -2.48. The molecule has 2 aromatic heterocycles. The van der Waals surface area contributed by atoms with Crippen molar-refractivity contribution >= 4 is 0 Å². The van der Waals surface area contributed by atoms with Gasteiger partial charge in [0, 0.05) is 12.1 Å². The molecule has 27 heavy (non-hydrogen) atoms. The molecule has 0 spiro atoms. The molecule has 6 nitrogen and oxygen atoms in total. The lowest BCUT2D eigenvalue weighted by Gasteiger charge is -2.37. The third-order valence-electron chi connectivity index (χ3n) is 5.83. The normalized spacial score (nSPS) is 17.3. The molecule has 0 aliphatic carbocycles. The zero-order chi connectivity index (χ0) is 19.1. The first-order valence-corrected chi connectivity index (χ1v) is 10.4. The molecule has 1 unspecified atom stereocenters. The van der Waals surface area contributed by atoms with E-state index in [2.05, 4.69) is 41.1 Å². The zero-order valence-electron chi connectivity index (χ0n) is 17.0. The molecule has 0 radical (unpaired) electrons. The Morgan fingerprint density at radius 1 is 1.22 bits per heavy atom. The summed E-state index contributed by atoms with van der Waals surface area (Å²) in [4.78, 5) is 6.61. The van der Waals surface area contributed by atoms with E-state index in [9.17, 15) is 0 Å². The molecule has 0 N–H and O–H groups in total. The molecule has 148 valence electrons. The molecular formula is C21H33N5O. The minimum absolute atomic E-state index is 0.520. The summed E-state index contributed by atoms with van der Waals surface area (Å²) in [6.45, 7) is 6.44. The van der Waals surface area contributed by atoms with Crippen molar-refractivity contribution < 1.29 is 4.74 Å². The summed E-state index contributed by atoms with van der Waals surface area (Å²) in [6.07, 6.45) is 14.1. The number of nitrogens with zero attached hydrogens (tertiary/aromatic N) is 5. The maximum Gasteiger partial charge on any atom is 0.139 e. The van der Waals surface area contributed by atoms with Gasteiger partial charge < -0.3 is 4.74 Å². The van der Waals surface area contributed by atoms with Crippen LogP contribution in [0.25, 0.3) is 5.69 Å². The smallest absolute Gasteiger partial charge is 0.139 e. The van der Waals surface area contributed by atoms with Crippen molar-refractivity contribution in [2.75, 3.05) is 20.2 Å². The van der Waals surface area contributed by atoms with Crippen LogP contribution >= 0.6 is 0 Å². The van der Waals surface area contributed by atoms with Crippen molar-refractivity contribution in [3.05, 3.63) is 30.4 Å². The number of unbranched alkanes of at least 4 members (excludes halogenated alkanes) is 1. The minimum atomic E-state index is 0.520. The molecule has 2 aromatic rings. The molecule has 3 heterocycles. The van der Waals surface area contributed by atoms with E-state index in [1.54, 1.807) is 17.1 Å². The molecule has 0 saturated carbocycles. The van der Waals surface area contributed by atoms with Crippen molar-refractivity contribution in [2.24, 2.45) is 5.92 Å². The first-order chi connectivity index (χ1) is 13.2. The molecule has 1 fully saturated rings. The second-order valence-corrected chi connectivity index (χ2v) is 7.70. The van der Waals surface area contributed by atoms with Gasteiger partial charge in [0.1, 0.15) is 12.4 Å². The van der Waals surface area contributed by atoms with Crippen LogP contribution in [0, 0.1) is 5.92 Å². The van der Waals surface area contributed by atoms with Gasteiger partial charge in [0.2, 0.25) is 0 Å². The highest BCUT2D eigenvalue weighted by Gasteiger charge is 2.24. The van der Waals surface area contributed by atoms with Crippen molar-refractivity contribution in [2.45, 2.75) is 64.8 Å². The van der Waals surface area contributed by atoms with Crippen LogP contribution in [-0.2, 0) is 6.42 Å². The number of likely N-dealkylation sites (tertiary alicyclic amines) is 1. The third-order valence-corrected chi connectivity index (χ3v) is 5.83. The minimum Gasteiger partial charge on any atom is -0.490 e. The van der Waals surface area contributed by atoms with Gasteiger partial charge in [-0.2, -0.15) is 0 Å². The second kappa shape index (κ2) is 9.83. The number of aromatic nitrogens is 4. The average Bonchev–Trinajstić information content (AvgIpc) is 3.16. The summed E-state index contributed by atoms with van der Waals surface area (Å²) in [5.41, 5.74) is 1.94. The number of likely N-dealkylation sites (N-methyl/N-ethyl adjacent to an activating group) is 1. The third kappa shape index (κ3) is 5.51. The van der Waals surface area contributed by atoms with Crippen LogP contribution in [-0.4, -0.2) is 51.1 Å². The van der Waals surface area contributed by atoms with Crippen LogP contribution in [0.4, 0.5) is 0 Å². The molecular weight excluding hydrogens is 338 g/mol. The van der Waals surface area contributed by atoms with E-state index in [4.69, 9.17) is 4.74 Å². The van der Waals surface area contributed by atoms with E-state index >= 15 is 0 Å². The van der Waals surface area contributed by atoms with Gasteiger partial charge in [0.15, 0.2) is 0 Å². The van der Waals surface area contributed by atoms with Crippen LogP contribution in [0.1, 0.15) is 58.1 Å². The molecule has 1 aliphatic heterocycles. The van der Waals surface area contributed by atoms with E-state index in [0.29, 0.717) is 12.6 Å². The molecule has 0 aromatic carbocycles. The number of aryl methyl sites for hydroxylation is 1. The maximum absolute atomic E-state index is 5.91. The largest absolute Gasteiger partial charge is 0.490 e. The molecule has 3 rings (SSSR count). The van der Waals surface area contributed by atoms with E-state index in [0.717, 1.165) is 36.0 Å². The van der Waals surface area contributed by atoms with Gasteiger partial charge in [0.05, 0.1) is 30.0 Å². The predicted molar refractivity (Wildman–Crippen MR) is 107 cm³/mol. The lowest BCUT2D eigenvalue weighted by atomic mass is 9.96. The summed E-state index contributed by atoms with van der Waals surface area (Å²) in [5.74, 6) is 1.66. The Morgan fingerprint density at radius 3 is 2.78 bits per heavy atom. The summed E-state index contributed by atoms with van der Waals surface area (Å²) in [7, 11) is 2.13. The van der Waals surface area contributed by atoms with E-state index in [1.165, 1.54) is 38.5 Å². The van der Waals surface area contributed by atoms with Crippen LogP contribution in [0.3, 0.4) is 0 Å². The van der Waals surface area contributed by atoms with Crippen LogP contribution in [0.15, 0.2) is 24.7 Å². The van der Waals surface area contributed by atoms with E-state index in [-0.39, 0.29) is 0 Å². The Labute approximate surface area is 162 Å². The fourth-order valence-corrected chi connectivity index (χ4v) is 3.56. The molecule has 0 bridgehead atoms. The zero-order valence-corrected chi connectivity index (χ0v) is 17.0. The number of hydrogen-bond acceptors (Lipinski definition) is 5. The SMILES string of the molecule is CCC(CC)CCCCc1cn(-c2cncc(OCC3CCN3C)c2)nn1. The van der Waals surface area contributed by atoms with Crippen molar-refractivity contribution in [3.8, 4) is 11.4 Å². The average molecular weight is 372 g/mol. The lowest BCUT2D eigenvalue weighted by molar-refractivity contribution is 0.0767. The first kappa shape index (κ1) is 19.8. The Hall–Kier alpha value is -1.95. The Balaban J connectivity index is 1.49. The van der Waals surface area contributed by atoms with Crippen LogP contribution < -0.4 is 4.74 Å². The van der Waals surface area contributed by atoms with Gasteiger partial charge in [0.25, 0.3) is 0 Å².